The largest absolute Gasteiger partial charge is 0.477 e. The van der Waals surface area contributed by atoms with Crippen LogP contribution in [0.3, 0.4) is 0 Å². The average Bonchev–Trinajstić information content (AvgIpc) is 2.77. The average molecular weight is 382 g/mol. The highest BCUT2D eigenvalue weighted by Gasteiger charge is 2.60. The van der Waals surface area contributed by atoms with Crippen molar-refractivity contribution < 1.29 is 24.6 Å². The molecule has 0 aliphatic carbocycles. The molecule has 0 aromatic carbocycles. The van der Waals surface area contributed by atoms with E-state index in [2.05, 4.69) is 6.92 Å². The summed E-state index contributed by atoms with van der Waals surface area (Å²) in [5, 5.41) is 19.6. The van der Waals surface area contributed by atoms with Gasteiger partial charge in [0.25, 0.3) is 0 Å². The Morgan fingerprint density at radius 1 is 1.35 bits per heavy atom. The molecule has 3 rings (SSSR count). The summed E-state index contributed by atoms with van der Waals surface area (Å²) < 4.78 is 0. The van der Waals surface area contributed by atoms with E-state index >= 15 is 0 Å². The zero-order valence-corrected chi connectivity index (χ0v) is 16.2. The van der Waals surface area contributed by atoms with Crippen LogP contribution in [0.4, 0.5) is 0 Å². The fourth-order valence-corrected chi connectivity index (χ4v) is 5.58. The topological polar surface area (TPSA) is 98.2 Å². The summed E-state index contributed by atoms with van der Waals surface area (Å²) in [6, 6.07) is -0.279. The minimum atomic E-state index is -1.10. The summed E-state index contributed by atoms with van der Waals surface area (Å²) in [6.07, 6.45) is 1.65. The van der Waals surface area contributed by atoms with Gasteiger partial charge in [-0.3, -0.25) is 9.59 Å². The van der Waals surface area contributed by atoms with Crippen LogP contribution in [0.5, 0.6) is 0 Å². The number of rotatable bonds is 7. The molecule has 2 amide bonds. The molecule has 7 nitrogen and oxygen atoms in total. The number of aliphatic hydroxyl groups excluding tert-OH is 1. The molecule has 0 radical (unpaired) electrons. The van der Waals surface area contributed by atoms with E-state index in [0.717, 1.165) is 12.8 Å². The molecule has 4 atom stereocenters. The van der Waals surface area contributed by atoms with Gasteiger partial charge in [0.15, 0.2) is 0 Å². The number of aliphatic carboxylic acids is 1. The lowest BCUT2D eigenvalue weighted by Gasteiger charge is -2.46. The maximum Gasteiger partial charge on any atom is 0.353 e. The third-order valence-corrected chi connectivity index (χ3v) is 7.00. The Bertz CT molecular complexity index is 656. The van der Waals surface area contributed by atoms with Crippen molar-refractivity contribution in [2.45, 2.75) is 57.4 Å². The Kier molecular flexibility index (Phi) is 5.35. The highest BCUT2D eigenvalue weighted by Crippen LogP contribution is 2.51. The minimum absolute atomic E-state index is 0.0603. The molecule has 0 saturated carbocycles. The van der Waals surface area contributed by atoms with Crippen molar-refractivity contribution in [3.63, 3.8) is 0 Å². The number of nitrogens with zero attached hydrogens (tertiary/aromatic N) is 2. The van der Waals surface area contributed by atoms with Gasteiger partial charge < -0.3 is 20.0 Å². The van der Waals surface area contributed by atoms with Crippen LogP contribution < -0.4 is 0 Å². The lowest BCUT2D eigenvalue weighted by Crippen LogP contribution is -2.63. The van der Waals surface area contributed by atoms with Gasteiger partial charge in [0.2, 0.25) is 11.8 Å². The number of hydrogen-bond donors (Lipinski definition) is 2. The van der Waals surface area contributed by atoms with E-state index in [0.29, 0.717) is 24.4 Å². The first-order valence-corrected chi connectivity index (χ1v) is 10.1. The number of unbranched alkanes of at least 4 members (excludes halogenated alkanes) is 1. The molecule has 3 aliphatic rings. The maximum atomic E-state index is 12.3. The molecule has 3 aliphatic heterocycles. The van der Waals surface area contributed by atoms with Gasteiger partial charge in [-0.1, -0.05) is 20.3 Å². The molecule has 0 aromatic heterocycles. The molecule has 8 heteroatoms. The van der Waals surface area contributed by atoms with E-state index in [9.17, 15) is 24.6 Å². The van der Waals surface area contributed by atoms with Crippen LogP contribution in [0.2, 0.25) is 0 Å². The van der Waals surface area contributed by atoms with Gasteiger partial charge in [0.1, 0.15) is 5.70 Å². The van der Waals surface area contributed by atoms with Crippen LogP contribution >= 0.6 is 11.8 Å². The van der Waals surface area contributed by atoms with Gasteiger partial charge in [-0.2, -0.15) is 0 Å². The number of aliphatic hydroxyl groups is 1. The number of carbonyl (C=O) groups excluding carboxylic acids is 2. The normalized spacial score (nSPS) is 29.4. The van der Waals surface area contributed by atoms with Crippen molar-refractivity contribution >= 4 is 29.5 Å². The lowest BCUT2D eigenvalue weighted by atomic mass is 9.79. The van der Waals surface area contributed by atoms with Gasteiger partial charge >= 0.3 is 5.97 Å². The number of amides is 2. The van der Waals surface area contributed by atoms with Crippen LogP contribution in [-0.4, -0.2) is 68.3 Å². The van der Waals surface area contributed by atoms with Crippen LogP contribution in [-0.2, 0) is 14.4 Å². The predicted molar refractivity (Wildman–Crippen MR) is 97.1 cm³/mol. The summed E-state index contributed by atoms with van der Waals surface area (Å²) in [5.74, 6) is -1.91. The maximum absolute atomic E-state index is 12.3. The van der Waals surface area contributed by atoms with Crippen molar-refractivity contribution in [3.05, 3.63) is 10.6 Å². The van der Waals surface area contributed by atoms with Gasteiger partial charge in [-0.15, -0.1) is 11.8 Å². The van der Waals surface area contributed by atoms with E-state index < -0.39 is 18.0 Å². The molecule has 0 bridgehead atoms. The SMILES string of the molecule is CCCCC(=O)N1CC(SC2=C(C(=O)O)N3C(=O)[C@H]([C@@H](C)O)[C@H]3[C@H]2C)C1. The summed E-state index contributed by atoms with van der Waals surface area (Å²) in [6.45, 7) is 6.78. The summed E-state index contributed by atoms with van der Waals surface area (Å²) in [7, 11) is 0. The Morgan fingerprint density at radius 3 is 2.54 bits per heavy atom. The van der Waals surface area contributed by atoms with Gasteiger partial charge in [0.05, 0.1) is 18.1 Å². The molecular weight excluding hydrogens is 356 g/mol. The number of likely N-dealkylation sites (tertiary alicyclic amines) is 1. The van der Waals surface area contributed by atoms with E-state index in [1.807, 2.05) is 11.8 Å². The molecular formula is C18H26N2O5S. The number of fused-ring (bicyclic) bond motifs is 1. The van der Waals surface area contributed by atoms with Crippen LogP contribution in [0.1, 0.15) is 40.0 Å². The fraction of sp³-hybridized carbons (Fsp3) is 0.722. The third kappa shape index (κ3) is 3.03. The third-order valence-electron chi connectivity index (χ3n) is 5.55. The molecule has 2 saturated heterocycles. The van der Waals surface area contributed by atoms with Crippen molar-refractivity contribution in [1.82, 2.24) is 9.80 Å². The zero-order valence-electron chi connectivity index (χ0n) is 15.3. The van der Waals surface area contributed by atoms with Gasteiger partial charge in [0, 0.05) is 35.6 Å². The van der Waals surface area contributed by atoms with Crippen molar-refractivity contribution in [2.24, 2.45) is 11.8 Å². The number of hydrogen-bond acceptors (Lipinski definition) is 5. The van der Waals surface area contributed by atoms with E-state index in [-0.39, 0.29) is 34.7 Å². The van der Waals surface area contributed by atoms with Crippen LogP contribution in [0, 0.1) is 11.8 Å². The minimum Gasteiger partial charge on any atom is -0.477 e. The Balaban J connectivity index is 1.67. The second-order valence-electron chi connectivity index (χ2n) is 7.41. The number of carboxylic acid groups (broad SMARTS) is 1. The standard InChI is InChI=1S/C18H26N2O5S/c1-4-5-6-12(22)19-7-11(8-19)26-16-9(2)14-13(10(3)21)17(23)20(14)15(16)18(24)25/h9-11,13-14,21H,4-8H2,1-3H3,(H,24,25)/t9-,10-,13-,14-/m1/s1. The number of carboxylic acids is 1. The number of β-lactam (4-membered cyclic amide) rings is 1. The summed E-state index contributed by atoms with van der Waals surface area (Å²) in [5.41, 5.74) is 0.0603. The lowest BCUT2D eigenvalue weighted by molar-refractivity contribution is -0.163. The Labute approximate surface area is 157 Å². The quantitative estimate of drug-likeness (QED) is 0.644. The van der Waals surface area contributed by atoms with Crippen LogP contribution in [0.25, 0.3) is 0 Å². The first-order chi connectivity index (χ1) is 12.3. The van der Waals surface area contributed by atoms with Crippen LogP contribution in [0.15, 0.2) is 10.6 Å². The van der Waals surface area contributed by atoms with Crippen molar-refractivity contribution in [1.29, 1.82) is 0 Å². The second kappa shape index (κ2) is 7.23. The predicted octanol–water partition coefficient (Wildman–Crippen LogP) is 1.27. The fourth-order valence-electron chi connectivity index (χ4n) is 4.06. The smallest absolute Gasteiger partial charge is 0.353 e. The van der Waals surface area contributed by atoms with Gasteiger partial charge in [-0.05, 0) is 13.3 Å². The zero-order chi connectivity index (χ0) is 19.2. The Hall–Kier alpha value is -1.54. The first kappa shape index (κ1) is 19.2. The number of thioether (sulfide) groups is 1. The van der Waals surface area contributed by atoms with Crippen molar-refractivity contribution in [2.75, 3.05) is 13.1 Å². The molecule has 3 heterocycles. The highest BCUT2D eigenvalue weighted by molar-refractivity contribution is 8.03. The number of carbonyl (C=O) groups is 3. The molecule has 144 valence electrons. The molecule has 2 N–H and O–H groups in total. The monoisotopic (exact) mass is 382 g/mol. The van der Waals surface area contributed by atoms with Gasteiger partial charge in [-0.25, -0.2) is 4.79 Å². The highest BCUT2D eigenvalue weighted by atomic mass is 32.2. The summed E-state index contributed by atoms with van der Waals surface area (Å²) >= 11 is 1.48. The molecule has 0 aromatic rings. The molecule has 0 unspecified atom stereocenters. The second-order valence-corrected chi connectivity index (χ2v) is 8.76. The molecule has 2 fully saturated rings. The van der Waals surface area contributed by atoms with E-state index in [1.54, 1.807) is 6.92 Å². The van der Waals surface area contributed by atoms with E-state index in [4.69, 9.17) is 0 Å². The molecule has 26 heavy (non-hydrogen) atoms. The first-order valence-electron chi connectivity index (χ1n) is 9.20. The van der Waals surface area contributed by atoms with E-state index in [1.165, 1.54) is 16.7 Å². The Morgan fingerprint density at radius 2 is 2.00 bits per heavy atom. The van der Waals surface area contributed by atoms with Crippen molar-refractivity contribution in [3.8, 4) is 0 Å². The summed E-state index contributed by atoms with van der Waals surface area (Å²) in [4.78, 5) is 39.9. The molecule has 0 spiro atoms.